The number of anilines is 1. The van der Waals surface area contributed by atoms with Gasteiger partial charge in [-0.1, -0.05) is 36.4 Å². The average Bonchev–Trinajstić information content (AvgIpc) is 3.98. The molecule has 3 fully saturated rings. The van der Waals surface area contributed by atoms with E-state index < -0.39 is 42.5 Å². The van der Waals surface area contributed by atoms with Gasteiger partial charge in [0.1, 0.15) is 29.3 Å². The van der Waals surface area contributed by atoms with Crippen LogP contribution in [-0.4, -0.2) is 85.1 Å². The first-order valence-corrected chi connectivity index (χ1v) is 17.6. The summed E-state index contributed by atoms with van der Waals surface area (Å²) < 4.78 is 44.1. The van der Waals surface area contributed by atoms with Crippen LogP contribution in [-0.2, 0) is 17.9 Å². The van der Waals surface area contributed by atoms with E-state index in [0.717, 1.165) is 45.5 Å². The summed E-state index contributed by atoms with van der Waals surface area (Å²) in [6, 6.07) is 16.8. The summed E-state index contributed by atoms with van der Waals surface area (Å²) in [5.74, 6) is -2.94. The third-order valence-electron chi connectivity index (χ3n) is 10.5. The van der Waals surface area contributed by atoms with E-state index in [0.29, 0.717) is 49.3 Å². The Morgan fingerprint density at radius 2 is 1.87 bits per heavy atom. The number of likely N-dealkylation sites (tertiary alicyclic amines) is 2. The van der Waals surface area contributed by atoms with Crippen LogP contribution in [0.4, 0.5) is 14.5 Å². The van der Waals surface area contributed by atoms with Gasteiger partial charge in [-0.15, -0.1) is 0 Å². The van der Waals surface area contributed by atoms with E-state index in [-0.39, 0.29) is 29.9 Å². The van der Waals surface area contributed by atoms with Gasteiger partial charge in [-0.25, -0.2) is 23.7 Å². The maximum Gasteiger partial charge on any atom is 0.295 e. The lowest BCUT2D eigenvalue weighted by atomic mass is 9.78. The van der Waals surface area contributed by atoms with Crippen LogP contribution in [0, 0.1) is 12.8 Å². The van der Waals surface area contributed by atoms with Gasteiger partial charge in [-0.05, 0) is 61.9 Å². The molecule has 0 bridgehead atoms. The Hall–Kier alpha value is -4.95. The lowest BCUT2D eigenvalue weighted by molar-refractivity contribution is -0.223. The number of nitrogen functional groups attached to an aromatic ring is 1. The number of alkyl halides is 2. The number of ether oxygens (including phenoxy) is 2. The van der Waals surface area contributed by atoms with Crippen LogP contribution < -0.4 is 20.8 Å². The molecule has 4 aromatic rings. The minimum Gasteiger partial charge on any atom is -0.496 e. The fourth-order valence-electron chi connectivity index (χ4n) is 7.47. The van der Waals surface area contributed by atoms with Gasteiger partial charge in [-0.2, -0.15) is 0 Å². The largest absolute Gasteiger partial charge is 0.496 e. The molecule has 3 aliphatic rings. The van der Waals surface area contributed by atoms with Gasteiger partial charge in [0.2, 0.25) is 11.8 Å². The third kappa shape index (κ3) is 7.22. The Bertz CT molecular complexity index is 1990. The van der Waals surface area contributed by atoms with Crippen molar-refractivity contribution >= 4 is 11.6 Å². The summed E-state index contributed by atoms with van der Waals surface area (Å²) in [4.78, 5) is 43.5. The lowest BCUT2D eigenvalue weighted by Gasteiger charge is -2.46. The van der Waals surface area contributed by atoms with Crippen molar-refractivity contribution in [1.82, 2.24) is 29.3 Å². The van der Waals surface area contributed by atoms with Gasteiger partial charge in [0.15, 0.2) is 5.69 Å². The molecule has 4 heterocycles. The monoisotopic (exact) mass is 715 g/mol. The second kappa shape index (κ2) is 14.2. The number of piperidine rings is 2. The first-order valence-electron chi connectivity index (χ1n) is 17.6. The average molecular weight is 716 g/mol. The van der Waals surface area contributed by atoms with Crippen molar-refractivity contribution in [3.8, 4) is 17.4 Å². The summed E-state index contributed by atoms with van der Waals surface area (Å²) in [6.45, 7) is 1.69. The number of rotatable bonds is 10. The summed E-state index contributed by atoms with van der Waals surface area (Å²) in [5.41, 5.74) is 5.13. The number of carbonyl (C=O) groups excluding carboxylic acids is 1. The molecule has 3 N–H and O–H groups in total. The van der Waals surface area contributed by atoms with Crippen LogP contribution in [0.15, 0.2) is 71.9 Å². The number of halogens is 2. The number of aromatic nitrogens is 4. The smallest absolute Gasteiger partial charge is 0.295 e. The van der Waals surface area contributed by atoms with E-state index in [2.05, 4.69) is 19.9 Å². The van der Waals surface area contributed by atoms with Crippen molar-refractivity contribution in [2.24, 2.45) is 5.92 Å². The molecule has 1 saturated carbocycles. The quantitative estimate of drug-likeness (QED) is 0.240. The maximum absolute atomic E-state index is 16.0. The van der Waals surface area contributed by atoms with E-state index in [9.17, 15) is 14.7 Å². The number of hydrogen-bond donors (Lipinski definition) is 2. The van der Waals surface area contributed by atoms with E-state index in [1.54, 1.807) is 25.4 Å². The Labute approximate surface area is 300 Å². The molecule has 14 heteroatoms. The zero-order valence-electron chi connectivity index (χ0n) is 29.3. The number of benzene rings is 2. The summed E-state index contributed by atoms with van der Waals surface area (Å²) in [7, 11) is 1.56. The molecule has 1 aliphatic carbocycles. The highest BCUT2D eigenvalue weighted by Crippen LogP contribution is 2.46. The number of nitrogens with zero attached hydrogens (tertiary/aromatic N) is 6. The molecule has 2 aliphatic heterocycles. The predicted molar refractivity (Wildman–Crippen MR) is 188 cm³/mol. The second-order valence-electron chi connectivity index (χ2n) is 14.2. The van der Waals surface area contributed by atoms with E-state index in [1.165, 1.54) is 0 Å². The van der Waals surface area contributed by atoms with Crippen molar-refractivity contribution in [2.75, 3.05) is 39.0 Å². The summed E-state index contributed by atoms with van der Waals surface area (Å²) in [6.07, 6.45) is 4.95. The van der Waals surface area contributed by atoms with Crippen LogP contribution in [0.25, 0.3) is 0 Å². The first-order chi connectivity index (χ1) is 24.9. The van der Waals surface area contributed by atoms with Crippen LogP contribution in [0.1, 0.15) is 60.2 Å². The number of amides is 1. The Balaban J connectivity index is 1.04. The van der Waals surface area contributed by atoms with E-state index >= 15 is 8.78 Å². The van der Waals surface area contributed by atoms with Gasteiger partial charge in [-0.3, -0.25) is 19.1 Å². The minimum absolute atomic E-state index is 0.107. The molecule has 3 atom stereocenters. The molecule has 0 radical (unpaired) electrons. The zero-order chi connectivity index (χ0) is 36.6. The fourth-order valence-corrected chi connectivity index (χ4v) is 7.47. The van der Waals surface area contributed by atoms with Gasteiger partial charge in [0.05, 0.1) is 25.9 Å². The Morgan fingerprint density at radius 1 is 1.08 bits per heavy atom. The van der Waals surface area contributed by atoms with Crippen LogP contribution >= 0.6 is 0 Å². The SMILES string of the molecule is COc1cc(Oc2ncn(C[C@@]3(O)CCN(C(=O)[C@@H]4CCN(Cc5ccnc(C)n5)C[C@H]4c4ccccc4)CC3(F)F)c(=O)c2N)ccc1C1CC1. The Morgan fingerprint density at radius 3 is 2.58 bits per heavy atom. The molecule has 1 amide bonds. The van der Waals surface area contributed by atoms with Crippen LogP contribution in [0.5, 0.6) is 17.4 Å². The maximum atomic E-state index is 16.0. The van der Waals surface area contributed by atoms with Crippen molar-refractivity contribution < 1.29 is 28.2 Å². The summed E-state index contributed by atoms with van der Waals surface area (Å²) in [5, 5.41) is 11.4. The van der Waals surface area contributed by atoms with Crippen molar-refractivity contribution in [1.29, 1.82) is 0 Å². The molecule has 2 aromatic carbocycles. The number of carbonyl (C=O) groups is 1. The highest BCUT2D eigenvalue weighted by molar-refractivity contribution is 5.80. The molecule has 0 spiro atoms. The molecule has 2 saturated heterocycles. The van der Waals surface area contributed by atoms with Gasteiger partial charge in [0.25, 0.3) is 11.5 Å². The van der Waals surface area contributed by atoms with Crippen LogP contribution in [0.3, 0.4) is 0 Å². The molecular formula is C38H43F2N7O5. The number of methoxy groups -OCH3 is 1. The zero-order valence-corrected chi connectivity index (χ0v) is 29.3. The number of hydrogen-bond acceptors (Lipinski definition) is 10. The number of aliphatic hydroxyl groups is 1. The summed E-state index contributed by atoms with van der Waals surface area (Å²) >= 11 is 0. The first kappa shape index (κ1) is 35.5. The highest BCUT2D eigenvalue weighted by atomic mass is 19.3. The molecule has 12 nitrogen and oxygen atoms in total. The lowest BCUT2D eigenvalue weighted by Crippen LogP contribution is -2.64. The molecule has 7 rings (SSSR count). The topological polar surface area (TPSA) is 149 Å². The number of nitrogens with two attached hydrogens (primary N) is 1. The van der Waals surface area contributed by atoms with Gasteiger partial charge >= 0.3 is 0 Å². The van der Waals surface area contributed by atoms with E-state index in [4.69, 9.17) is 15.2 Å². The molecular weight excluding hydrogens is 672 g/mol. The number of aryl methyl sites for hydroxylation is 1. The second-order valence-corrected chi connectivity index (χ2v) is 14.2. The standard InChI is InChI=1S/C38H43F2N7O5/c1-24-42-15-12-27(44-24)19-45-16-13-30(31(20-45)25-6-4-3-5-7-25)35(48)46-17-14-37(50,38(39,40)22-46)21-47-23-43-34(33(41)36(47)49)52-28-10-11-29(26-8-9-26)32(18-28)51-2/h3-7,10-12,15,18,23,26,30-31,50H,8-9,13-14,16-17,19-22,41H2,1-2H3/t30-,31+,37+/m1/s1. The fraction of sp³-hybridized carbons (Fsp3) is 0.447. The van der Waals surface area contributed by atoms with Gasteiger partial charge < -0.3 is 25.2 Å². The van der Waals surface area contributed by atoms with Crippen molar-refractivity contribution in [3.05, 3.63) is 100 Å². The van der Waals surface area contributed by atoms with E-state index in [1.807, 2.05) is 49.4 Å². The van der Waals surface area contributed by atoms with Crippen molar-refractivity contribution in [2.45, 2.75) is 69.1 Å². The molecule has 52 heavy (non-hydrogen) atoms. The van der Waals surface area contributed by atoms with Crippen LogP contribution in [0.2, 0.25) is 0 Å². The minimum atomic E-state index is -3.74. The predicted octanol–water partition coefficient (Wildman–Crippen LogP) is 4.51. The highest BCUT2D eigenvalue weighted by Gasteiger charge is 2.58. The van der Waals surface area contributed by atoms with Crippen molar-refractivity contribution in [3.63, 3.8) is 0 Å². The Kier molecular flexibility index (Phi) is 9.70. The normalized spacial score (nSPS) is 23.3. The van der Waals surface area contributed by atoms with Gasteiger partial charge in [0, 0.05) is 50.2 Å². The third-order valence-corrected chi connectivity index (χ3v) is 10.5. The molecule has 2 aromatic heterocycles. The molecule has 0 unspecified atom stereocenters. The molecule has 274 valence electrons.